The van der Waals surface area contributed by atoms with Crippen LogP contribution < -0.4 is 10.0 Å². The summed E-state index contributed by atoms with van der Waals surface area (Å²) in [6.07, 6.45) is 0.991. The van der Waals surface area contributed by atoms with Crippen molar-refractivity contribution in [3.63, 3.8) is 0 Å². The number of hydrogen-bond acceptors (Lipinski definition) is 4. The van der Waals surface area contributed by atoms with Gasteiger partial charge in [-0.25, -0.2) is 9.52 Å². The predicted molar refractivity (Wildman–Crippen MR) is 66.2 cm³/mol. The van der Waals surface area contributed by atoms with E-state index in [0.717, 1.165) is 19.5 Å². The van der Waals surface area contributed by atoms with Gasteiger partial charge in [0.05, 0.1) is 0 Å². The van der Waals surface area contributed by atoms with E-state index in [4.69, 9.17) is 8.67 Å². The fourth-order valence-electron chi connectivity index (χ4n) is 1.08. The van der Waals surface area contributed by atoms with Crippen molar-refractivity contribution in [2.24, 2.45) is 0 Å². The molecule has 1 fully saturated rings. The molecule has 0 unspecified atom stereocenters. The lowest BCUT2D eigenvalue weighted by atomic mass is 10.5. The van der Waals surface area contributed by atoms with Gasteiger partial charge < -0.3 is 5.32 Å². The Kier molecular flexibility index (Phi) is 7.48. The molecule has 2 amide bonds. The third kappa shape index (κ3) is 4.17. The molecule has 1 rings (SSSR count). The SMILES string of the molecule is CC.CCCN(CC)S1(NC(=O)NC)OO1. The summed E-state index contributed by atoms with van der Waals surface area (Å²) in [7, 11) is -0.368. The molecule has 7 heteroatoms. The molecular formula is C9H23N3O3S. The second-order valence-corrected chi connectivity index (χ2v) is 4.76. The Morgan fingerprint density at radius 1 is 1.31 bits per heavy atom. The second-order valence-electron chi connectivity index (χ2n) is 2.81. The van der Waals surface area contributed by atoms with E-state index in [1.54, 1.807) is 7.05 Å². The summed E-state index contributed by atoms with van der Waals surface area (Å²) in [5.41, 5.74) is 0. The first kappa shape index (κ1) is 15.5. The lowest BCUT2D eigenvalue weighted by Gasteiger charge is -2.28. The summed E-state index contributed by atoms with van der Waals surface area (Å²) in [6.45, 7) is 9.70. The highest BCUT2D eigenvalue weighted by atomic mass is 32.3. The van der Waals surface area contributed by atoms with Crippen molar-refractivity contribution in [2.45, 2.75) is 34.1 Å². The maximum absolute atomic E-state index is 11.1. The molecule has 1 saturated heterocycles. The standard InChI is InChI=1S/C7H17N3O3S.C2H6/c1-4-6-10(5-2)14(12-13-14)9-7(11)8-3;1-2/h4-6H2,1-3H3,(H2,8,9,11);1-2H3. The Labute approximate surface area is 99.6 Å². The minimum Gasteiger partial charge on any atom is -0.340 e. The van der Waals surface area contributed by atoms with Crippen LogP contribution in [0, 0.1) is 0 Å². The van der Waals surface area contributed by atoms with E-state index in [9.17, 15) is 4.79 Å². The number of carbonyl (C=O) groups excluding carboxylic acids is 1. The average Bonchev–Trinajstić information content (AvgIpc) is 3.09. The summed E-state index contributed by atoms with van der Waals surface area (Å²) >= 11 is 0. The number of rotatable bonds is 5. The quantitative estimate of drug-likeness (QED) is 0.581. The van der Waals surface area contributed by atoms with Gasteiger partial charge in [-0.15, -0.1) is 0 Å². The van der Waals surface area contributed by atoms with Crippen molar-refractivity contribution in [3.8, 4) is 0 Å². The van der Waals surface area contributed by atoms with E-state index in [2.05, 4.69) is 17.0 Å². The Hall–Kier alpha value is -0.500. The first-order valence-electron chi connectivity index (χ1n) is 5.64. The molecule has 1 heterocycles. The first-order chi connectivity index (χ1) is 7.68. The van der Waals surface area contributed by atoms with Gasteiger partial charge in [0.2, 0.25) is 0 Å². The van der Waals surface area contributed by atoms with Crippen molar-refractivity contribution < 1.29 is 13.5 Å². The zero-order chi connectivity index (χ0) is 12.6. The zero-order valence-electron chi connectivity index (χ0n) is 10.7. The highest BCUT2D eigenvalue weighted by molar-refractivity contribution is 8.26. The normalized spacial score (nSPS) is 18.1. The molecule has 0 bridgehead atoms. The van der Waals surface area contributed by atoms with Crippen molar-refractivity contribution in [2.75, 3.05) is 20.1 Å². The number of urea groups is 1. The molecule has 0 atom stereocenters. The molecule has 0 aliphatic carbocycles. The molecule has 16 heavy (non-hydrogen) atoms. The number of nitrogens with one attached hydrogen (secondary N) is 2. The van der Waals surface area contributed by atoms with E-state index in [-0.39, 0.29) is 6.03 Å². The fraction of sp³-hybridized carbons (Fsp3) is 0.889. The van der Waals surface area contributed by atoms with E-state index in [1.807, 2.05) is 25.1 Å². The molecule has 0 aromatic rings. The summed E-state index contributed by atoms with van der Waals surface area (Å²) < 4.78 is 14.5. The highest BCUT2D eigenvalue weighted by Gasteiger charge is 2.46. The van der Waals surface area contributed by atoms with Crippen LogP contribution in [0.15, 0.2) is 0 Å². The van der Waals surface area contributed by atoms with Crippen LogP contribution in [0.2, 0.25) is 0 Å². The van der Waals surface area contributed by atoms with Gasteiger partial charge in [0.15, 0.2) is 0 Å². The molecule has 0 saturated carbocycles. The molecule has 0 aromatic heterocycles. The van der Waals surface area contributed by atoms with E-state index in [1.165, 1.54) is 0 Å². The van der Waals surface area contributed by atoms with Crippen LogP contribution in [0.25, 0.3) is 0 Å². The molecule has 0 spiro atoms. The largest absolute Gasteiger partial charge is 0.340 e. The smallest absolute Gasteiger partial charge is 0.334 e. The summed E-state index contributed by atoms with van der Waals surface area (Å²) in [5, 5.41) is 2.47. The maximum atomic E-state index is 11.1. The zero-order valence-corrected chi connectivity index (χ0v) is 11.5. The van der Waals surface area contributed by atoms with E-state index in [0.29, 0.717) is 0 Å². The van der Waals surface area contributed by atoms with Gasteiger partial charge in [-0.1, -0.05) is 36.4 Å². The van der Waals surface area contributed by atoms with Gasteiger partial charge in [0.1, 0.15) is 0 Å². The van der Waals surface area contributed by atoms with Crippen molar-refractivity contribution >= 4 is 17.0 Å². The first-order valence-corrected chi connectivity index (χ1v) is 7.08. The van der Waals surface area contributed by atoms with Gasteiger partial charge >= 0.3 is 6.03 Å². The number of nitrogens with zero attached hydrogens (tertiary/aromatic N) is 1. The summed E-state index contributed by atoms with van der Waals surface area (Å²) in [5.74, 6) is 0. The molecule has 1 aliphatic heterocycles. The monoisotopic (exact) mass is 253 g/mol. The second kappa shape index (κ2) is 7.72. The molecule has 98 valence electrons. The maximum Gasteiger partial charge on any atom is 0.334 e. The molecule has 0 radical (unpaired) electrons. The third-order valence-electron chi connectivity index (χ3n) is 1.81. The third-order valence-corrected chi connectivity index (χ3v) is 3.77. The van der Waals surface area contributed by atoms with Gasteiger partial charge in [-0.3, -0.25) is 0 Å². The average molecular weight is 253 g/mol. The van der Waals surface area contributed by atoms with Crippen LogP contribution in [-0.4, -0.2) is 30.5 Å². The molecule has 0 aromatic carbocycles. The van der Waals surface area contributed by atoms with Gasteiger partial charge in [-0.05, 0) is 6.42 Å². The van der Waals surface area contributed by atoms with Crippen LogP contribution >= 0.6 is 11.0 Å². The summed E-state index contributed by atoms with van der Waals surface area (Å²) in [6, 6.07) is -0.285. The van der Waals surface area contributed by atoms with Crippen molar-refractivity contribution in [3.05, 3.63) is 0 Å². The Morgan fingerprint density at radius 2 is 1.88 bits per heavy atom. The number of amides is 2. The fourth-order valence-corrected chi connectivity index (χ4v) is 2.76. The van der Waals surface area contributed by atoms with Gasteiger partial charge in [-0.2, -0.15) is 4.31 Å². The number of carbonyl (C=O) groups is 1. The molecule has 2 N–H and O–H groups in total. The molecule has 1 aliphatic rings. The van der Waals surface area contributed by atoms with Gasteiger partial charge in [0.25, 0.3) is 0 Å². The van der Waals surface area contributed by atoms with Crippen LogP contribution in [0.5, 0.6) is 0 Å². The molecule has 6 nitrogen and oxygen atoms in total. The molecular weight excluding hydrogens is 230 g/mol. The lowest BCUT2D eigenvalue weighted by Crippen LogP contribution is -2.38. The van der Waals surface area contributed by atoms with Crippen molar-refractivity contribution in [1.82, 2.24) is 14.3 Å². The topological polar surface area (TPSA) is 69.4 Å². The number of hydrogen-bond donors (Lipinski definition) is 2. The predicted octanol–water partition coefficient (Wildman–Crippen LogP) is 2.10. The lowest BCUT2D eigenvalue weighted by molar-refractivity contribution is 0.0850. The van der Waals surface area contributed by atoms with Crippen LogP contribution in [-0.2, 0) is 8.67 Å². The van der Waals surface area contributed by atoms with Crippen molar-refractivity contribution in [1.29, 1.82) is 0 Å². The van der Waals surface area contributed by atoms with E-state index < -0.39 is 11.0 Å². The Balaban J connectivity index is 0.00000106. The Bertz CT molecular complexity index is 212. The van der Waals surface area contributed by atoms with Gasteiger partial charge in [0, 0.05) is 31.1 Å². The summed E-state index contributed by atoms with van der Waals surface area (Å²) in [4.78, 5) is 11.1. The minimum absolute atomic E-state index is 0.285. The van der Waals surface area contributed by atoms with Crippen LogP contribution in [0.4, 0.5) is 4.79 Å². The highest BCUT2D eigenvalue weighted by Crippen LogP contribution is 2.64. The van der Waals surface area contributed by atoms with Crippen LogP contribution in [0.3, 0.4) is 0 Å². The van der Waals surface area contributed by atoms with E-state index >= 15 is 0 Å². The Morgan fingerprint density at radius 3 is 2.19 bits per heavy atom. The van der Waals surface area contributed by atoms with Crippen LogP contribution in [0.1, 0.15) is 34.1 Å². The minimum atomic E-state index is -1.92.